The number of carbonyl (C=O) groups is 1. The highest BCUT2D eigenvalue weighted by Crippen LogP contribution is 2.24. The van der Waals surface area contributed by atoms with Crippen molar-refractivity contribution in [3.05, 3.63) is 53.9 Å². The lowest BCUT2D eigenvalue weighted by Gasteiger charge is -2.35. The van der Waals surface area contributed by atoms with E-state index in [4.69, 9.17) is 4.74 Å². The molecule has 0 unspecified atom stereocenters. The zero-order valence-electron chi connectivity index (χ0n) is 15.1. The summed E-state index contributed by atoms with van der Waals surface area (Å²) in [7, 11) is 0. The first-order valence-corrected chi connectivity index (χ1v) is 9.44. The van der Waals surface area contributed by atoms with Crippen LogP contribution in [0.4, 0.5) is 0 Å². The van der Waals surface area contributed by atoms with E-state index in [1.807, 2.05) is 11.1 Å². The number of rotatable bonds is 5. The van der Waals surface area contributed by atoms with E-state index in [1.54, 1.807) is 0 Å². The maximum absolute atomic E-state index is 12.7. The summed E-state index contributed by atoms with van der Waals surface area (Å²) >= 11 is 0. The standard InChI is InChI=1S/C20H26N4O2/c25-20(23-10-12-26-13-11-23)14-19-16-22(15-18-6-8-21-24(18)19)9-7-17-4-2-1-3-5-17/h1-6,8,19H,7,9-16H2/t19-/m1/s1. The van der Waals surface area contributed by atoms with Crippen LogP contribution in [-0.2, 0) is 22.5 Å². The SMILES string of the molecule is O=C(C[C@@H]1CN(CCc2ccccc2)Cc2ccnn21)N1CCOCC1. The van der Waals surface area contributed by atoms with Gasteiger partial charge in [-0.25, -0.2) is 0 Å². The topological polar surface area (TPSA) is 50.6 Å². The van der Waals surface area contributed by atoms with Gasteiger partial charge in [-0.2, -0.15) is 5.10 Å². The van der Waals surface area contributed by atoms with Crippen molar-refractivity contribution in [2.75, 3.05) is 39.4 Å². The molecule has 2 aliphatic rings. The number of aromatic nitrogens is 2. The second kappa shape index (κ2) is 8.01. The number of benzene rings is 1. The maximum Gasteiger partial charge on any atom is 0.224 e. The lowest BCUT2D eigenvalue weighted by atomic mass is 10.1. The summed E-state index contributed by atoms with van der Waals surface area (Å²) in [6.07, 6.45) is 3.39. The lowest BCUT2D eigenvalue weighted by molar-refractivity contribution is -0.136. The van der Waals surface area contributed by atoms with Crippen molar-refractivity contribution in [1.82, 2.24) is 19.6 Å². The van der Waals surface area contributed by atoms with Crippen LogP contribution in [0, 0.1) is 0 Å². The molecule has 1 aromatic heterocycles. The van der Waals surface area contributed by atoms with Crippen LogP contribution < -0.4 is 0 Å². The van der Waals surface area contributed by atoms with Gasteiger partial charge >= 0.3 is 0 Å². The van der Waals surface area contributed by atoms with Gasteiger partial charge in [0.05, 0.1) is 31.4 Å². The molecule has 1 amide bonds. The predicted octanol–water partition coefficient (Wildman–Crippen LogP) is 1.73. The minimum absolute atomic E-state index is 0.111. The fraction of sp³-hybridized carbons (Fsp3) is 0.500. The number of fused-ring (bicyclic) bond motifs is 1. The van der Waals surface area contributed by atoms with E-state index in [-0.39, 0.29) is 11.9 Å². The second-order valence-electron chi connectivity index (χ2n) is 7.09. The van der Waals surface area contributed by atoms with Crippen molar-refractivity contribution in [3.63, 3.8) is 0 Å². The Morgan fingerprint density at radius 3 is 2.77 bits per heavy atom. The number of amides is 1. The predicted molar refractivity (Wildman–Crippen MR) is 98.7 cm³/mol. The molecular weight excluding hydrogens is 328 g/mol. The van der Waals surface area contributed by atoms with Gasteiger partial charge in [0.15, 0.2) is 0 Å². The zero-order chi connectivity index (χ0) is 17.8. The molecule has 1 saturated heterocycles. The van der Waals surface area contributed by atoms with Gasteiger partial charge < -0.3 is 9.64 Å². The highest BCUT2D eigenvalue weighted by atomic mass is 16.5. The molecule has 2 aliphatic heterocycles. The number of morpholine rings is 1. The molecule has 6 heteroatoms. The Kier molecular flexibility index (Phi) is 5.32. The second-order valence-corrected chi connectivity index (χ2v) is 7.09. The molecule has 0 radical (unpaired) electrons. The molecule has 0 saturated carbocycles. The summed E-state index contributed by atoms with van der Waals surface area (Å²) in [5, 5.41) is 4.48. The van der Waals surface area contributed by atoms with Crippen molar-refractivity contribution >= 4 is 5.91 Å². The molecule has 1 atom stereocenters. The number of carbonyl (C=O) groups excluding carboxylic acids is 1. The zero-order valence-corrected chi connectivity index (χ0v) is 15.1. The van der Waals surface area contributed by atoms with Gasteiger partial charge in [0.1, 0.15) is 0 Å². The summed E-state index contributed by atoms with van der Waals surface area (Å²) in [5.74, 6) is 0.213. The monoisotopic (exact) mass is 354 g/mol. The molecular formula is C20H26N4O2. The normalized spacial score (nSPS) is 20.8. The molecule has 138 valence electrons. The lowest BCUT2D eigenvalue weighted by Crippen LogP contribution is -2.44. The molecule has 4 rings (SSSR count). The highest BCUT2D eigenvalue weighted by Gasteiger charge is 2.29. The van der Waals surface area contributed by atoms with Crippen molar-refractivity contribution in [1.29, 1.82) is 0 Å². The summed E-state index contributed by atoms with van der Waals surface area (Å²) < 4.78 is 7.41. The minimum atomic E-state index is 0.111. The van der Waals surface area contributed by atoms with Crippen LogP contribution in [-0.4, -0.2) is 64.9 Å². The Hall–Kier alpha value is -2.18. The first-order valence-electron chi connectivity index (χ1n) is 9.44. The average molecular weight is 354 g/mol. The van der Waals surface area contributed by atoms with Gasteiger partial charge in [-0.1, -0.05) is 30.3 Å². The number of hydrogen-bond donors (Lipinski definition) is 0. The van der Waals surface area contributed by atoms with Gasteiger partial charge in [-0.3, -0.25) is 14.4 Å². The van der Waals surface area contributed by atoms with Gasteiger partial charge in [0, 0.05) is 38.9 Å². The first-order chi connectivity index (χ1) is 12.8. The summed E-state index contributed by atoms with van der Waals surface area (Å²) in [4.78, 5) is 17.1. The highest BCUT2D eigenvalue weighted by molar-refractivity contribution is 5.76. The van der Waals surface area contributed by atoms with Crippen molar-refractivity contribution < 1.29 is 9.53 Å². The number of nitrogens with zero attached hydrogens (tertiary/aromatic N) is 4. The maximum atomic E-state index is 12.7. The molecule has 2 aromatic rings. The van der Waals surface area contributed by atoms with E-state index in [2.05, 4.69) is 51.1 Å². The Labute approximate surface area is 154 Å². The third-order valence-electron chi connectivity index (χ3n) is 5.29. The minimum Gasteiger partial charge on any atom is -0.378 e. The van der Waals surface area contributed by atoms with Crippen LogP contribution in [0.1, 0.15) is 23.7 Å². The molecule has 1 fully saturated rings. The van der Waals surface area contributed by atoms with E-state index in [0.29, 0.717) is 32.7 Å². The Bertz CT molecular complexity index is 724. The molecule has 1 aromatic carbocycles. The Morgan fingerprint density at radius 2 is 1.96 bits per heavy atom. The number of ether oxygens (including phenoxy) is 1. The molecule has 6 nitrogen and oxygen atoms in total. The fourth-order valence-corrected chi connectivity index (χ4v) is 3.86. The molecule has 0 N–H and O–H groups in total. The fourth-order valence-electron chi connectivity index (χ4n) is 3.86. The van der Waals surface area contributed by atoms with Gasteiger partial charge in [-0.05, 0) is 18.1 Å². The molecule has 0 bridgehead atoms. The number of hydrogen-bond acceptors (Lipinski definition) is 4. The van der Waals surface area contributed by atoms with Crippen LogP contribution in [0.5, 0.6) is 0 Å². The van der Waals surface area contributed by atoms with Gasteiger partial charge in [0.25, 0.3) is 0 Å². The van der Waals surface area contributed by atoms with E-state index < -0.39 is 0 Å². The van der Waals surface area contributed by atoms with Crippen molar-refractivity contribution in [2.45, 2.75) is 25.4 Å². The van der Waals surface area contributed by atoms with E-state index in [9.17, 15) is 4.79 Å². The quantitative estimate of drug-likeness (QED) is 0.821. The van der Waals surface area contributed by atoms with Gasteiger partial charge in [-0.15, -0.1) is 0 Å². The Balaban J connectivity index is 1.40. The van der Waals surface area contributed by atoms with Crippen LogP contribution in [0.15, 0.2) is 42.6 Å². The summed E-state index contributed by atoms with van der Waals surface area (Å²) in [6, 6.07) is 12.8. The van der Waals surface area contributed by atoms with E-state index in [1.165, 1.54) is 11.3 Å². The van der Waals surface area contributed by atoms with E-state index >= 15 is 0 Å². The van der Waals surface area contributed by atoms with Crippen LogP contribution in [0.3, 0.4) is 0 Å². The van der Waals surface area contributed by atoms with Crippen molar-refractivity contribution in [2.24, 2.45) is 0 Å². The molecule has 26 heavy (non-hydrogen) atoms. The third-order valence-corrected chi connectivity index (χ3v) is 5.29. The van der Waals surface area contributed by atoms with Crippen molar-refractivity contribution in [3.8, 4) is 0 Å². The third kappa shape index (κ3) is 3.97. The van der Waals surface area contributed by atoms with Crippen LogP contribution in [0.2, 0.25) is 0 Å². The largest absolute Gasteiger partial charge is 0.378 e. The average Bonchev–Trinajstić information content (AvgIpc) is 3.17. The summed E-state index contributed by atoms with van der Waals surface area (Å²) in [5.41, 5.74) is 2.55. The summed E-state index contributed by atoms with van der Waals surface area (Å²) in [6.45, 7) is 5.47. The molecule has 3 heterocycles. The van der Waals surface area contributed by atoms with Crippen LogP contribution in [0.25, 0.3) is 0 Å². The molecule has 0 spiro atoms. The van der Waals surface area contributed by atoms with E-state index in [0.717, 1.165) is 26.1 Å². The van der Waals surface area contributed by atoms with Gasteiger partial charge in [0.2, 0.25) is 5.91 Å². The smallest absolute Gasteiger partial charge is 0.224 e. The molecule has 0 aliphatic carbocycles. The first kappa shape index (κ1) is 17.2. The Morgan fingerprint density at radius 1 is 1.15 bits per heavy atom. The van der Waals surface area contributed by atoms with Crippen LogP contribution >= 0.6 is 0 Å².